The monoisotopic (exact) mass is 371 g/mol. The molecule has 0 saturated carbocycles. The number of nitrogen functional groups attached to an aromatic ring is 1. The third kappa shape index (κ3) is 5.46. The van der Waals surface area contributed by atoms with Crippen LogP contribution >= 0.6 is 0 Å². The largest absolute Gasteiger partial charge is 0.497 e. The average molecular weight is 371 g/mol. The summed E-state index contributed by atoms with van der Waals surface area (Å²) in [7, 11) is 1.57. The van der Waals surface area contributed by atoms with Gasteiger partial charge in [-0.25, -0.2) is 4.90 Å². The van der Waals surface area contributed by atoms with Crippen LogP contribution in [-0.4, -0.2) is 38.0 Å². The lowest BCUT2D eigenvalue weighted by atomic mass is 10.2. The van der Waals surface area contributed by atoms with Crippen molar-refractivity contribution in [3.63, 3.8) is 0 Å². The Bertz CT molecular complexity index is 803. The fourth-order valence-corrected chi connectivity index (χ4v) is 2.25. The number of nitrogens with two attached hydrogens (primary N) is 1. The second kappa shape index (κ2) is 9.23. The first-order chi connectivity index (χ1) is 12.9. The van der Waals surface area contributed by atoms with Gasteiger partial charge in [0.2, 0.25) is 5.91 Å². The molecule has 0 aliphatic rings. The molecule has 0 bridgehead atoms. The molecule has 0 aliphatic heterocycles. The van der Waals surface area contributed by atoms with Gasteiger partial charge < -0.3 is 20.5 Å². The van der Waals surface area contributed by atoms with Crippen LogP contribution in [0, 0.1) is 0 Å². The van der Waals surface area contributed by atoms with Crippen LogP contribution in [0.5, 0.6) is 11.5 Å². The molecule has 3 amide bonds. The third-order valence-corrected chi connectivity index (χ3v) is 3.58. The number of benzene rings is 2. The lowest BCUT2D eigenvalue weighted by molar-refractivity contribution is -0.139. The Morgan fingerprint density at radius 2 is 1.59 bits per heavy atom. The molecular weight excluding hydrogens is 350 g/mol. The Balaban J connectivity index is 1.88. The van der Waals surface area contributed by atoms with Gasteiger partial charge >= 0.3 is 11.8 Å². The number of amides is 3. The van der Waals surface area contributed by atoms with E-state index in [-0.39, 0.29) is 18.8 Å². The molecule has 2 aromatic rings. The number of rotatable bonds is 6. The molecular formula is C19H21N3O5. The van der Waals surface area contributed by atoms with E-state index in [0.29, 0.717) is 17.2 Å². The minimum Gasteiger partial charge on any atom is -0.497 e. The summed E-state index contributed by atoms with van der Waals surface area (Å²) < 4.78 is 10.5. The van der Waals surface area contributed by atoms with Crippen molar-refractivity contribution in [2.45, 2.75) is 6.92 Å². The molecule has 0 aromatic heterocycles. The molecule has 0 spiro atoms. The van der Waals surface area contributed by atoms with Crippen molar-refractivity contribution in [1.29, 1.82) is 0 Å². The number of anilines is 2. The van der Waals surface area contributed by atoms with Gasteiger partial charge in [0.25, 0.3) is 0 Å². The number of hydrogen-bond donors (Lipinski definition) is 2. The summed E-state index contributed by atoms with van der Waals surface area (Å²) in [5.74, 6) is -1.15. The van der Waals surface area contributed by atoms with E-state index in [1.165, 1.54) is 19.1 Å². The Morgan fingerprint density at radius 3 is 2.15 bits per heavy atom. The van der Waals surface area contributed by atoms with Crippen LogP contribution in [-0.2, 0) is 14.4 Å². The van der Waals surface area contributed by atoms with E-state index in [2.05, 4.69) is 5.32 Å². The summed E-state index contributed by atoms with van der Waals surface area (Å²) in [6.45, 7) is 1.46. The van der Waals surface area contributed by atoms with Gasteiger partial charge in [0.05, 0.1) is 19.3 Å². The van der Waals surface area contributed by atoms with E-state index in [4.69, 9.17) is 15.2 Å². The van der Waals surface area contributed by atoms with Gasteiger partial charge in [0, 0.05) is 12.6 Å². The zero-order valence-electron chi connectivity index (χ0n) is 15.1. The number of carbonyl (C=O) groups is 3. The maximum absolute atomic E-state index is 12.3. The summed E-state index contributed by atoms with van der Waals surface area (Å²) in [5.41, 5.74) is 6.35. The van der Waals surface area contributed by atoms with E-state index in [1.54, 1.807) is 43.5 Å². The summed E-state index contributed by atoms with van der Waals surface area (Å²) in [6.07, 6.45) is 0. The highest BCUT2D eigenvalue weighted by molar-refractivity contribution is 6.45. The van der Waals surface area contributed by atoms with Crippen molar-refractivity contribution in [1.82, 2.24) is 5.32 Å². The van der Waals surface area contributed by atoms with Crippen LogP contribution < -0.4 is 25.4 Å². The van der Waals surface area contributed by atoms with E-state index < -0.39 is 17.7 Å². The van der Waals surface area contributed by atoms with Crippen molar-refractivity contribution in [2.24, 2.45) is 0 Å². The van der Waals surface area contributed by atoms with Crippen LogP contribution in [0.25, 0.3) is 0 Å². The van der Waals surface area contributed by atoms with Crippen molar-refractivity contribution in [2.75, 3.05) is 30.9 Å². The van der Waals surface area contributed by atoms with Gasteiger partial charge in [-0.05, 0) is 48.5 Å². The van der Waals surface area contributed by atoms with Gasteiger partial charge in [-0.15, -0.1) is 0 Å². The number of ether oxygens (including phenoxy) is 2. The molecule has 0 atom stereocenters. The first kappa shape index (κ1) is 19.8. The predicted octanol–water partition coefficient (Wildman–Crippen LogP) is 1.35. The number of nitrogens with zero attached hydrogens (tertiary/aromatic N) is 1. The standard InChI is InChI=1S/C19H21N3O5/c1-13(23)22(15-5-3-14(20)4-6-15)19(25)18(24)21-11-12-27-17-9-7-16(26-2)8-10-17/h3-10H,11-12,20H2,1-2H3,(H,21,24). The van der Waals surface area contributed by atoms with Gasteiger partial charge in [-0.2, -0.15) is 0 Å². The molecule has 2 rings (SSSR count). The molecule has 0 fully saturated rings. The Labute approximate surface area is 156 Å². The average Bonchev–Trinajstić information content (AvgIpc) is 2.67. The SMILES string of the molecule is COc1ccc(OCCNC(=O)C(=O)N(C(C)=O)c2ccc(N)cc2)cc1. The van der Waals surface area contributed by atoms with Gasteiger partial charge in [0.15, 0.2) is 0 Å². The second-order valence-electron chi connectivity index (χ2n) is 5.53. The van der Waals surface area contributed by atoms with Crippen molar-refractivity contribution < 1.29 is 23.9 Å². The van der Waals surface area contributed by atoms with Crippen LogP contribution in [0.15, 0.2) is 48.5 Å². The molecule has 0 radical (unpaired) electrons. The second-order valence-corrected chi connectivity index (χ2v) is 5.53. The van der Waals surface area contributed by atoms with Gasteiger partial charge in [0.1, 0.15) is 18.1 Å². The Morgan fingerprint density at radius 1 is 1.00 bits per heavy atom. The van der Waals surface area contributed by atoms with Gasteiger partial charge in [-0.1, -0.05) is 0 Å². The maximum Gasteiger partial charge on any atom is 0.323 e. The third-order valence-electron chi connectivity index (χ3n) is 3.58. The van der Waals surface area contributed by atoms with E-state index in [1.807, 2.05) is 0 Å². The highest BCUT2D eigenvalue weighted by atomic mass is 16.5. The molecule has 142 valence electrons. The summed E-state index contributed by atoms with van der Waals surface area (Å²) in [4.78, 5) is 37.0. The normalized spacial score (nSPS) is 10.0. The number of imide groups is 1. The molecule has 0 unspecified atom stereocenters. The summed E-state index contributed by atoms with van der Waals surface area (Å²) in [6, 6.07) is 13.0. The molecule has 2 aromatic carbocycles. The topological polar surface area (TPSA) is 111 Å². The summed E-state index contributed by atoms with van der Waals surface area (Å²) >= 11 is 0. The molecule has 0 aliphatic carbocycles. The highest BCUT2D eigenvalue weighted by Crippen LogP contribution is 2.17. The van der Waals surface area contributed by atoms with E-state index in [0.717, 1.165) is 4.90 Å². The van der Waals surface area contributed by atoms with Crippen LogP contribution in [0.2, 0.25) is 0 Å². The highest BCUT2D eigenvalue weighted by Gasteiger charge is 2.26. The Hall–Kier alpha value is -3.55. The first-order valence-electron chi connectivity index (χ1n) is 8.17. The first-order valence-corrected chi connectivity index (χ1v) is 8.17. The van der Waals surface area contributed by atoms with Crippen molar-refractivity contribution >= 4 is 29.1 Å². The van der Waals surface area contributed by atoms with Crippen molar-refractivity contribution in [3.05, 3.63) is 48.5 Å². The van der Waals surface area contributed by atoms with E-state index in [9.17, 15) is 14.4 Å². The molecule has 8 heteroatoms. The zero-order chi connectivity index (χ0) is 19.8. The fraction of sp³-hybridized carbons (Fsp3) is 0.211. The number of hydrogen-bond acceptors (Lipinski definition) is 6. The quantitative estimate of drug-likeness (QED) is 0.450. The number of carbonyl (C=O) groups excluding carboxylic acids is 3. The fourth-order valence-electron chi connectivity index (χ4n) is 2.25. The smallest absolute Gasteiger partial charge is 0.323 e. The molecule has 8 nitrogen and oxygen atoms in total. The molecule has 27 heavy (non-hydrogen) atoms. The zero-order valence-corrected chi connectivity index (χ0v) is 15.1. The maximum atomic E-state index is 12.3. The van der Waals surface area contributed by atoms with Crippen LogP contribution in [0.3, 0.4) is 0 Å². The summed E-state index contributed by atoms with van der Waals surface area (Å²) in [5, 5.41) is 2.43. The minimum atomic E-state index is -0.975. The van der Waals surface area contributed by atoms with Crippen LogP contribution in [0.4, 0.5) is 11.4 Å². The predicted molar refractivity (Wildman–Crippen MR) is 101 cm³/mol. The lowest BCUT2D eigenvalue weighted by Crippen LogP contribution is -2.46. The minimum absolute atomic E-state index is 0.101. The molecule has 3 N–H and O–H groups in total. The molecule has 0 saturated heterocycles. The molecule has 0 heterocycles. The number of nitrogens with one attached hydrogen (secondary N) is 1. The van der Waals surface area contributed by atoms with Crippen LogP contribution in [0.1, 0.15) is 6.92 Å². The lowest BCUT2D eigenvalue weighted by Gasteiger charge is -2.18. The van der Waals surface area contributed by atoms with Gasteiger partial charge in [-0.3, -0.25) is 14.4 Å². The Kier molecular flexibility index (Phi) is 6.76. The van der Waals surface area contributed by atoms with E-state index >= 15 is 0 Å². The number of methoxy groups -OCH3 is 1. The van der Waals surface area contributed by atoms with Crippen molar-refractivity contribution in [3.8, 4) is 11.5 Å².